The number of hydrogen-bond acceptors (Lipinski definition) is 2. The molecule has 20 heavy (non-hydrogen) atoms. The Morgan fingerprint density at radius 1 is 1.15 bits per heavy atom. The van der Waals surface area contributed by atoms with E-state index in [2.05, 4.69) is 19.2 Å². The molecule has 1 N–H and O–H groups in total. The van der Waals surface area contributed by atoms with Crippen LogP contribution in [0.1, 0.15) is 52.9 Å². The first kappa shape index (κ1) is 16.1. The fourth-order valence-electron chi connectivity index (χ4n) is 3.52. The minimum atomic E-state index is -4.01. The average molecular weight is 293 g/mol. The topological polar surface area (TPSA) is 21.3 Å². The molecule has 0 aromatic heterocycles. The third kappa shape index (κ3) is 3.30. The van der Waals surface area contributed by atoms with Gasteiger partial charge in [-0.2, -0.15) is 13.2 Å². The Bertz CT molecular complexity index is 322. The number of ether oxygens (including phenoxy) is 1. The molecule has 2 unspecified atom stereocenters. The molecule has 0 aromatic rings. The highest BCUT2D eigenvalue weighted by atomic mass is 19.4. The predicted octanol–water partition coefficient (Wildman–Crippen LogP) is 3.90. The highest BCUT2D eigenvalue weighted by Gasteiger charge is 2.50. The highest BCUT2D eigenvalue weighted by molar-refractivity contribution is 5.04. The second kappa shape index (κ2) is 5.84. The van der Waals surface area contributed by atoms with Crippen molar-refractivity contribution in [3.8, 4) is 0 Å². The Kier molecular flexibility index (Phi) is 4.69. The Morgan fingerprint density at radius 3 is 2.20 bits per heavy atom. The minimum Gasteiger partial charge on any atom is -0.378 e. The number of nitrogens with one attached hydrogen (secondary N) is 1. The summed E-state index contributed by atoms with van der Waals surface area (Å²) in [7, 11) is 0. The van der Waals surface area contributed by atoms with Gasteiger partial charge in [0.25, 0.3) is 0 Å². The lowest BCUT2D eigenvalue weighted by molar-refractivity contribution is -0.183. The van der Waals surface area contributed by atoms with Crippen molar-refractivity contribution in [3.63, 3.8) is 0 Å². The second-order valence-corrected chi connectivity index (χ2v) is 6.81. The van der Waals surface area contributed by atoms with Gasteiger partial charge in [0, 0.05) is 24.1 Å². The molecule has 0 spiro atoms. The first-order valence-corrected chi connectivity index (χ1v) is 7.69. The van der Waals surface area contributed by atoms with E-state index in [-0.39, 0.29) is 30.4 Å². The van der Waals surface area contributed by atoms with E-state index in [1.165, 1.54) is 0 Å². The van der Waals surface area contributed by atoms with E-state index >= 15 is 0 Å². The lowest BCUT2D eigenvalue weighted by atomic mass is 9.64. The van der Waals surface area contributed by atoms with Crippen LogP contribution < -0.4 is 5.32 Å². The van der Waals surface area contributed by atoms with E-state index in [0.717, 1.165) is 13.0 Å². The van der Waals surface area contributed by atoms with Gasteiger partial charge in [-0.3, -0.25) is 0 Å². The zero-order chi connectivity index (χ0) is 15.0. The zero-order valence-corrected chi connectivity index (χ0v) is 12.6. The summed E-state index contributed by atoms with van der Waals surface area (Å²) in [5.41, 5.74) is 0.0802. The Morgan fingerprint density at radius 2 is 1.75 bits per heavy atom. The normalized spacial score (nSPS) is 37.5. The minimum absolute atomic E-state index is 0.0802. The molecule has 2 nitrogen and oxygen atoms in total. The maximum Gasteiger partial charge on any atom is 0.391 e. The van der Waals surface area contributed by atoms with Gasteiger partial charge in [-0.1, -0.05) is 13.8 Å². The summed E-state index contributed by atoms with van der Waals surface area (Å²) in [6, 6.07) is 0.604. The summed E-state index contributed by atoms with van der Waals surface area (Å²) >= 11 is 0. The third-order valence-corrected chi connectivity index (χ3v) is 5.17. The monoisotopic (exact) mass is 293 g/mol. The molecule has 2 rings (SSSR count). The van der Waals surface area contributed by atoms with Crippen molar-refractivity contribution in [1.29, 1.82) is 0 Å². The molecule has 0 amide bonds. The lowest BCUT2D eigenvalue weighted by Gasteiger charge is -2.53. The van der Waals surface area contributed by atoms with E-state index in [9.17, 15) is 13.2 Å². The standard InChI is InChI=1S/C15H26F3NO/c1-4-20-13-9-12(14(13,2)3)19-11-7-5-10(6-8-11)15(16,17)18/h10-13,19H,4-9H2,1-3H3. The van der Waals surface area contributed by atoms with Gasteiger partial charge >= 0.3 is 6.18 Å². The lowest BCUT2D eigenvalue weighted by Crippen LogP contribution is -2.63. The molecule has 0 aliphatic heterocycles. The fourth-order valence-corrected chi connectivity index (χ4v) is 3.52. The third-order valence-electron chi connectivity index (χ3n) is 5.17. The van der Waals surface area contributed by atoms with E-state index in [1.54, 1.807) is 0 Å². The van der Waals surface area contributed by atoms with Gasteiger partial charge in [0.15, 0.2) is 0 Å². The molecular weight excluding hydrogens is 267 g/mol. The summed E-state index contributed by atoms with van der Waals surface area (Å²) in [6.45, 7) is 7.07. The zero-order valence-electron chi connectivity index (χ0n) is 12.6. The molecule has 0 aromatic carbocycles. The van der Waals surface area contributed by atoms with Gasteiger partial charge in [-0.25, -0.2) is 0 Å². The summed E-state index contributed by atoms with van der Waals surface area (Å²) in [6.07, 6.45) is -0.962. The van der Waals surface area contributed by atoms with E-state index in [0.29, 0.717) is 18.9 Å². The molecule has 2 aliphatic carbocycles. The van der Waals surface area contributed by atoms with Crippen molar-refractivity contribution >= 4 is 0 Å². The summed E-state index contributed by atoms with van der Waals surface area (Å²) < 4.78 is 43.6. The van der Waals surface area contributed by atoms with Crippen molar-refractivity contribution in [3.05, 3.63) is 0 Å². The Labute approximate surface area is 119 Å². The van der Waals surface area contributed by atoms with Crippen LogP contribution >= 0.6 is 0 Å². The van der Waals surface area contributed by atoms with Gasteiger partial charge in [-0.15, -0.1) is 0 Å². The van der Waals surface area contributed by atoms with Crippen molar-refractivity contribution in [2.24, 2.45) is 11.3 Å². The summed E-state index contributed by atoms with van der Waals surface area (Å²) in [5, 5.41) is 3.56. The van der Waals surface area contributed by atoms with Gasteiger partial charge in [0.2, 0.25) is 0 Å². The van der Waals surface area contributed by atoms with Crippen LogP contribution in [-0.4, -0.2) is 31.0 Å². The molecule has 5 heteroatoms. The van der Waals surface area contributed by atoms with Crippen LogP contribution in [0, 0.1) is 11.3 Å². The first-order valence-electron chi connectivity index (χ1n) is 7.69. The maximum absolute atomic E-state index is 12.6. The van der Waals surface area contributed by atoms with Crippen molar-refractivity contribution in [2.45, 2.75) is 77.2 Å². The molecular formula is C15H26F3NO. The van der Waals surface area contributed by atoms with Crippen molar-refractivity contribution in [1.82, 2.24) is 5.32 Å². The molecule has 118 valence electrons. The van der Waals surface area contributed by atoms with Crippen molar-refractivity contribution in [2.75, 3.05) is 6.61 Å². The van der Waals surface area contributed by atoms with Crippen LogP contribution in [0.5, 0.6) is 0 Å². The molecule has 2 aliphatic rings. The molecule has 2 saturated carbocycles. The second-order valence-electron chi connectivity index (χ2n) is 6.81. The smallest absolute Gasteiger partial charge is 0.378 e. The van der Waals surface area contributed by atoms with Crippen LogP contribution in [0.3, 0.4) is 0 Å². The van der Waals surface area contributed by atoms with Gasteiger partial charge in [0.05, 0.1) is 12.0 Å². The molecule has 2 atom stereocenters. The molecule has 0 bridgehead atoms. The van der Waals surface area contributed by atoms with Crippen LogP contribution in [-0.2, 0) is 4.74 Å². The molecule has 0 heterocycles. The number of rotatable bonds is 4. The average Bonchev–Trinajstić information content (AvgIpc) is 2.37. The van der Waals surface area contributed by atoms with Crippen LogP contribution in [0.4, 0.5) is 13.2 Å². The van der Waals surface area contributed by atoms with Gasteiger partial charge in [0.1, 0.15) is 0 Å². The van der Waals surface area contributed by atoms with E-state index in [1.807, 2.05) is 6.92 Å². The Balaban J connectivity index is 1.77. The first-order chi connectivity index (χ1) is 9.25. The van der Waals surface area contributed by atoms with Gasteiger partial charge < -0.3 is 10.1 Å². The van der Waals surface area contributed by atoms with Crippen molar-refractivity contribution < 1.29 is 17.9 Å². The Hall–Kier alpha value is -0.290. The predicted molar refractivity (Wildman–Crippen MR) is 72.5 cm³/mol. The fraction of sp³-hybridized carbons (Fsp3) is 1.00. The highest BCUT2D eigenvalue weighted by Crippen LogP contribution is 2.44. The number of halogens is 3. The molecule has 2 fully saturated rings. The van der Waals surface area contributed by atoms with E-state index < -0.39 is 12.1 Å². The maximum atomic E-state index is 12.6. The van der Waals surface area contributed by atoms with Gasteiger partial charge in [-0.05, 0) is 39.0 Å². The number of hydrogen-bond donors (Lipinski definition) is 1. The SMILES string of the molecule is CCOC1CC(NC2CCC(C(F)(F)F)CC2)C1(C)C. The molecule has 0 radical (unpaired) electrons. The largest absolute Gasteiger partial charge is 0.391 e. The van der Waals surface area contributed by atoms with Crippen LogP contribution in [0.15, 0.2) is 0 Å². The summed E-state index contributed by atoms with van der Waals surface area (Å²) in [4.78, 5) is 0. The molecule has 0 saturated heterocycles. The van der Waals surface area contributed by atoms with E-state index in [4.69, 9.17) is 4.74 Å². The van der Waals surface area contributed by atoms with Crippen LogP contribution in [0.25, 0.3) is 0 Å². The quantitative estimate of drug-likeness (QED) is 0.849. The summed E-state index contributed by atoms with van der Waals surface area (Å²) in [5.74, 6) is -1.09. The van der Waals surface area contributed by atoms with Crippen LogP contribution in [0.2, 0.25) is 0 Å². The number of alkyl halides is 3.